The predicted octanol–water partition coefficient (Wildman–Crippen LogP) is 3.97. The van der Waals surface area contributed by atoms with Crippen molar-refractivity contribution in [3.8, 4) is 5.75 Å². The van der Waals surface area contributed by atoms with Gasteiger partial charge in [0.15, 0.2) is 0 Å². The number of rotatable bonds is 5. The third-order valence-corrected chi connectivity index (χ3v) is 8.97. The molecule has 180 valence electrons. The Bertz CT molecular complexity index is 1090. The van der Waals surface area contributed by atoms with Gasteiger partial charge in [-0.3, -0.25) is 9.69 Å². The maximum Gasteiger partial charge on any atom is 0.224 e. The molecule has 5 heteroatoms. The van der Waals surface area contributed by atoms with Gasteiger partial charge in [-0.15, -0.1) is 0 Å². The molecule has 0 saturated carbocycles. The number of aromatic hydroxyl groups is 1. The van der Waals surface area contributed by atoms with Crippen LogP contribution in [0.25, 0.3) is 0 Å². The molecule has 1 aliphatic carbocycles. The molecule has 1 unspecified atom stereocenters. The lowest BCUT2D eigenvalue weighted by Gasteiger charge is -2.65. The molecule has 0 radical (unpaired) electrons. The van der Waals surface area contributed by atoms with Gasteiger partial charge in [-0.2, -0.15) is 0 Å². The summed E-state index contributed by atoms with van der Waals surface area (Å²) in [6.07, 6.45) is 5.33. The van der Waals surface area contributed by atoms with E-state index in [-0.39, 0.29) is 29.1 Å². The molecule has 3 heterocycles. The summed E-state index contributed by atoms with van der Waals surface area (Å²) in [7, 11) is 0. The Balaban J connectivity index is 1.35. The van der Waals surface area contributed by atoms with E-state index in [4.69, 9.17) is 4.74 Å². The molecular weight excluding hydrogens is 424 g/mol. The minimum absolute atomic E-state index is 0.00238. The number of hydrogen-bond acceptors (Lipinski definition) is 4. The van der Waals surface area contributed by atoms with E-state index in [1.165, 1.54) is 11.1 Å². The molecule has 3 fully saturated rings. The molecule has 2 aromatic rings. The van der Waals surface area contributed by atoms with Crippen LogP contribution in [0.1, 0.15) is 56.2 Å². The fraction of sp³-hybridized carbons (Fsp3) is 0.552. The fourth-order valence-corrected chi connectivity index (χ4v) is 7.76. The Morgan fingerprint density at radius 1 is 1.21 bits per heavy atom. The molecule has 2 N–H and O–H groups in total. The minimum atomic E-state index is -0.230. The summed E-state index contributed by atoms with van der Waals surface area (Å²) in [5, 5.41) is 13.8. The van der Waals surface area contributed by atoms with Crippen molar-refractivity contribution in [2.45, 2.75) is 81.6 Å². The average Bonchev–Trinajstić information content (AvgIpc) is 3.18. The lowest BCUT2D eigenvalue weighted by molar-refractivity contribution is -0.210. The molecule has 4 aliphatic rings. The number of phenolic OH excluding ortho intramolecular Hbond substituents is 1. The number of amides is 1. The zero-order valence-corrected chi connectivity index (χ0v) is 20.3. The summed E-state index contributed by atoms with van der Waals surface area (Å²) in [6, 6.07) is 16.2. The number of ether oxygens (including phenoxy) is 1. The molecule has 1 amide bonds. The number of carbonyl (C=O) groups excluding carboxylic acids is 1. The number of piperidine rings is 1. The molecular formula is C29H36N2O3. The summed E-state index contributed by atoms with van der Waals surface area (Å²) < 4.78 is 7.08. The molecule has 3 saturated heterocycles. The third-order valence-electron chi connectivity index (χ3n) is 8.97. The monoisotopic (exact) mass is 460 g/mol. The van der Waals surface area contributed by atoms with Crippen LogP contribution in [0.15, 0.2) is 48.5 Å². The Kier molecular flexibility index (Phi) is 5.27. The highest BCUT2D eigenvalue weighted by molar-refractivity contribution is 5.79. The van der Waals surface area contributed by atoms with Crippen LogP contribution in [-0.2, 0) is 27.8 Å². The number of nitrogens with one attached hydrogen (secondary N) is 1. The zero-order chi connectivity index (χ0) is 23.5. The highest BCUT2D eigenvalue weighted by Gasteiger charge is 2.70. The fourth-order valence-electron chi connectivity index (χ4n) is 7.76. The number of nitrogens with zero attached hydrogens (tertiary/aromatic N) is 1. The smallest absolute Gasteiger partial charge is 0.224 e. The van der Waals surface area contributed by atoms with Gasteiger partial charge in [-0.05, 0) is 73.4 Å². The van der Waals surface area contributed by atoms with Crippen molar-refractivity contribution in [1.82, 2.24) is 10.2 Å². The molecule has 2 aromatic carbocycles. The molecule has 0 aromatic heterocycles. The highest BCUT2D eigenvalue weighted by atomic mass is 16.5. The quantitative estimate of drug-likeness (QED) is 0.709. The van der Waals surface area contributed by atoms with Gasteiger partial charge in [0.25, 0.3) is 0 Å². The molecule has 5 atom stereocenters. The van der Waals surface area contributed by atoms with Gasteiger partial charge in [0.2, 0.25) is 5.91 Å². The van der Waals surface area contributed by atoms with E-state index in [1.54, 1.807) is 0 Å². The Hall–Kier alpha value is -2.37. The maximum absolute atomic E-state index is 13.0. The van der Waals surface area contributed by atoms with Crippen molar-refractivity contribution in [2.75, 3.05) is 13.1 Å². The summed E-state index contributed by atoms with van der Waals surface area (Å²) >= 11 is 0. The summed E-state index contributed by atoms with van der Waals surface area (Å²) in [5.74, 6) is 1.00. The van der Waals surface area contributed by atoms with E-state index in [9.17, 15) is 9.90 Å². The van der Waals surface area contributed by atoms with Crippen LogP contribution in [0.5, 0.6) is 5.75 Å². The number of likely N-dealkylation sites (tertiary alicyclic amines) is 1. The van der Waals surface area contributed by atoms with E-state index in [2.05, 4.69) is 30.1 Å². The van der Waals surface area contributed by atoms with Crippen LogP contribution < -0.4 is 5.32 Å². The van der Waals surface area contributed by atoms with E-state index in [1.807, 2.05) is 42.5 Å². The average molecular weight is 461 g/mol. The van der Waals surface area contributed by atoms with Crippen molar-refractivity contribution < 1.29 is 14.6 Å². The maximum atomic E-state index is 13.0. The van der Waals surface area contributed by atoms with Crippen molar-refractivity contribution in [3.05, 3.63) is 65.2 Å². The third kappa shape index (κ3) is 3.31. The van der Waals surface area contributed by atoms with Gasteiger partial charge < -0.3 is 15.2 Å². The first-order valence-electron chi connectivity index (χ1n) is 13.0. The van der Waals surface area contributed by atoms with E-state index < -0.39 is 0 Å². The van der Waals surface area contributed by atoms with Crippen molar-refractivity contribution in [2.24, 2.45) is 5.92 Å². The molecule has 3 aliphatic heterocycles. The molecule has 1 spiro atoms. The van der Waals surface area contributed by atoms with Gasteiger partial charge in [-0.25, -0.2) is 0 Å². The van der Waals surface area contributed by atoms with Crippen LogP contribution in [0.4, 0.5) is 0 Å². The second kappa shape index (κ2) is 8.10. The van der Waals surface area contributed by atoms with Crippen molar-refractivity contribution in [1.29, 1.82) is 0 Å². The second-order valence-electron chi connectivity index (χ2n) is 11.4. The Labute approximate surface area is 202 Å². The minimum Gasteiger partial charge on any atom is -0.508 e. The van der Waals surface area contributed by atoms with Crippen LogP contribution in [0.3, 0.4) is 0 Å². The number of hydrogen-bond donors (Lipinski definition) is 2. The first-order chi connectivity index (χ1) is 16.4. The first kappa shape index (κ1) is 22.1. The summed E-state index contributed by atoms with van der Waals surface area (Å²) in [6.45, 7) is 6.72. The van der Waals surface area contributed by atoms with E-state index in [0.717, 1.165) is 50.8 Å². The normalized spacial score (nSPS) is 33.9. The van der Waals surface area contributed by atoms with E-state index in [0.29, 0.717) is 24.1 Å². The largest absolute Gasteiger partial charge is 0.508 e. The van der Waals surface area contributed by atoms with Crippen LogP contribution in [0.2, 0.25) is 0 Å². The number of carbonyl (C=O) groups is 1. The van der Waals surface area contributed by atoms with Crippen molar-refractivity contribution >= 4 is 5.91 Å². The SMILES string of the molecule is CC(C)CN1CC[C@]23C[C@@H](NC(=O)Cc4ccccc4)C4CC[C@]2(O4)[C@H]1Cc1ccc(O)cc13. The Morgan fingerprint density at radius 2 is 2.03 bits per heavy atom. The lowest BCUT2D eigenvalue weighted by Crippen LogP contribution is -2.75. The van der Waals surface area contributed by atoms with Gasteiger partial charge in [-0.1, -0.05) is 50.2 Å². The van der Waals surface area contributed by atoms with Crippen LogP contribution in [-0.4, -0.2) is 52.8 Å². The highest BCUT2D eigenvalue weighted by Crippen LogP contribution is 2.63. The van der Waals surface area contributed by atoms with Crippen molar-refractivity contribution in [3.63, 3.8) is 0 Å². The van der Waals surface area contributed by atoms with Crippen LogP contribution in [0, 0.1) is 5.92 Å². The molecule has 6 rings (SSSR count). The number of phenols is 1. The molecule has 5 nitrogen and oxygen atoms in total. The van der Waals surface area contributed by atoms with E-state index >= 15 is 0 Å². The zero-order valence-electron chi connectivity index (χ0n) is 20.3. The first-order valence-corrected chi connectivity index (χ1v) is 13.0. The predicted molar refractivity (Wildman–Crippen MR) is 132 cm³/mol. The summed E-state index contributed by atoms with van der Waals surface area (Å²) in [4.78, 5) is 15.7. The number of benzene rings is 2. The topological polar surface area (TPSA) is 61.8 Å². The van der Waals surface area contributed by atoms with Gasteiger partial charge >= 0.3 is 0 Å². The van der Waals surface area contributed by atoms with Gasteiger partial charge in [0.1, 0.15) is 5.75 Å². The second-order valence-corrected chi connectivity index (χ2v) is 11.4. The standard InChI is InChI=1S/C29H36N2O3/c1-19(2)18-31-13-12-28-17-24(30-27(33)14-20-6-4-3-5-7-20)25-10-11-29(28,34-25)26(31)15-21-8-9-22(32)16-23(21)28/h3-9,16,19,24-26,32H,10-15,17-18H2,1-2H3,(H,30,33)/t24-,25?,26-,28-,29+/m1/s1. The lowest BCUT2D eigenvalue weighted by atomic mass is 9.51. The molecule has 34 heavy (non-hydrogen) atoms. The molecule has 4 bridgehead atoms. The summed E-state index contributed by atoms with van der Waals surface area (Å²) in [5.41, 5.74) is 3.23. The van der Waals surface area contributed by atoms with Gasteiger partial charge in [0.05, 0.1) is 24.2 Å². The Morgan fingerprint density at radius 3 is 2.82 bits per heavy atom. The van der Waals surface area contributed by atoms with Crippen LogP contribution >= 0.6 is 0 Å². The van der Waals surface area contributed by atoms with Gasteiger partial charge in [0, 0.05) is 18.0 Å². The number of fused-ring (bicyclic) bond motifs is 2.